The van der Waals surface area contributed by atoms with Crippen LogP contribution < -0.4 is 10.6 Å². The highest BCUT2D eigenvalue weighted by molar-refractivity contribution is 7.16. The lowest BCUT2D eigenvalue weighted by Gasteiger charge is -2.40. The second-order valence-corrected chi connectivity index (χ2v) is 7.33. The Morgan fingerprint density at radius 2 is 2.10 bits per heavy atom. The van der Waals surface area contributed by atoms with Crippen molar-refractivity contribution in [3.63, 3.8) is 0 Å². The van der Waals surface area contributed by atoms with Crippen LogP contribution in [0, 0.1) is 0 Å². The van der Waals surface area contributed by atoms with Crippen LogP contribution in [0.4, 0.5) is 5.69 Å². The van der Waals surface area contributed by atoms with Crippen LogP contribution in [0.15, 0.2) is 36.4 Å². The Labute approximate surface area is 135 Å². The number of nitrogens with zero attached hydrogens (tertiary/aromatic N) is 1. The SMILES string of the molecule is CCC(N)C(c1ccc(Cl)s1)N1CCCc2ccccc21. The highest BCUT2D eigenvalue weighted by atomic mass is 35.5. The van der Waals surface area contributed by atoms with Crippen LogP contribution in [-0.2, 0) is 6.42 Å². The molecule has 0 amide bonds. The lowest BCUT2D eigenvalue weighted by molar-refractivity contribution is 0.481. The number of rotatable bonds is 4. The second kappa shape index (κ2) is 6.39. The molecule has 0 bridgehead atoms. The minimum atomic E-state index is 0.117. The second-order valence-electron chi connectivity index (χ2n) is 5.58. The van der Waals surface area contributed by atoms with Crippen molar-refractivity contribution in [1.82, 2.24) is 0 Å². The highest BCUT2D eigenvalue weighted by Crippen LogP contribution is 2.39. The van der Waals surface area contributed by atoms with Gasteiger partial charge < -0.3 is 10.6 Å². The minimum Gasteiger partial charge on any atom is -0.362 e. The van der Waals surface area contributed by atoms with Gasteiger partial charge in [-0.1, -0.05) is 36.7 Å². The summed E-state index contributed by atoms with van der Waals surface area (Å²) in [6, 6.07) is 13.1. The van der Waals surface area contributed by atoms with Crippen molar-refractivity contribution < 1.29 is 0 Å². The number of hydrogen-bond acceptors (Lipinski definition) is 3. The van der Waals surface area contributed by atoms with E-state index >= 15 is 0 Å². The van der Waals surface area contributed by atoms with Crippen LogP contribution in [0.25, 0.3) is 0 Å². The Morgan fingerprint density at radius 3 is 2.81 bits per heavy atom. The van der Waals surface area contributed by atoms with E-state index in [-0.39, 0.29) is 12.1 Å². The maximum Gasteiger partial charge on any atom is 0.0932 e. The van der Waals surface area contributed by atoms with Gasteiger partial charge in [-0.25, -0.2) is 0 Å². The third-order valence-electron chi connectivity index (χ3n) is 4.24. The zero-order chi connectivity index (χ0) is 14.8. The Bertz CT molecular complexity index is 610. The van der Waals surface area contributed by atoms with Crippen molar-refractivity contribution in [2.75, 3.05) is 11.4 Å². The summed E-state index contributed by atoms with van der Waals surface area (Å²) < 4.78 is 0.837. The van der Waals surface area contributed by atoms with Crippen molar-refractivity contribution in [2.45, 2.75) is 38.3 Å². The lowest BCUT2D eigenvalue weighted by Crippen LogP contribution is -2.43. The van der Waals surface area contributed by atoms with Gasteiger partial charge in [-0.2, -0.15) is 0 Å². The molecule has 0 saturated carbocycles. The van der Waals surface area contributed by atoms with E-state index in [4.69, 9.17) is 17.3 Å². The first-order valence-electron chi connectivity index (χ1n) is 7.56. The molecule has 0 saturated heterocycles. The van der Waals surface area contributed by atoms with Crippen molar-refractivity contribution in [3.8, 4) is 0 Å². The Balaban J connectivity index is 2.02. The average molecular weight is 321 g/mol. The third kappa shape index (κ3) is 2.96. The van der Waals surface area contributed by atoms with Crippen LogP contribution in [0.3, 0.4) is 0 Å². The molecule has 2 N–H and O–H groups in total. The zero-order valence-corrected chi connectivity index (χ0v) is 13.8. The summed E-state index contributed by atoms with van der Waals surface area (Å²) in [5, 5.41) is 0. The number of nitrogens with two attached hydrogens (primary N) is 1. The number of thiophene rings is 1. The van der Waals surface area contributed by atoms with Gasteiger partial charge in [-0.05, 0) is 43.0 Å². The molecule has 0 aliphatic carbocycles. The van der Waals surface area contributed by atoms with Crippen LogP contribution in [0.1, 0.15) is 36.2 Å². The van der Waals surface area contributed by atoms with Crippen molar-refractivity contribution in [2.24, 2.45) is 5.73 Å². The summed E-state index contributed by atoms with van der Waals surface area (Å²) in [6.07, 6.45) is 3.30. The predicted octanol–water partition coefficient (Wildman–Crippen LogP) is 4.63. The standard InChI is InChI=1S/C17H21ClN2S/c1-2-13(19)17(15-9-10-16(18)21-15)20-11-5-7-12-6-3-4-8-14(12)20/h3-4,6,8-10,13,17H,2,5,7,11,19H2,1H3. The van der Waals surface area contributed by atoms with E-state index in [2.05, 4.69) is 42.2 Å². The molecule has 1 aromatic heterocycles. The molecular weight excluding hydrogens is 300 g/mol. The van der Waals surface area contributed by atoms with Gasteiger partial charge in [0.2, 0.25) is 0 Å². The third-order valence-corrected chi connectivity index (χ3v) is 5.55. The van der Waals surface area contributed by atoms with Gasteiger partial charge in [-0.3, -0.25) is 0 Å². The van der Waals surface area contributed by atoms with Gasteiger partial charge in [0, 0.05) is 23.2 Å². The maximum absolute atomic E-state index is 6.47. The van der Waals surface area contributed by atoms with Crippen LogP contribution in [-0.4, -0.2) is 12.6 Å². The molecule has 2 atom stereocenters. The highest BCUT2D eigenvalue weighted by Gasteiger charge is 2.30. The van der Waals surface area contributed by atoms with Gasteiger partial charge in [-0.15, -0.1) is 11.3 Å². The van der Waals surface area contributed by atoms with Crippen molar-refractivity contribution >= 4 is 28.6 Å². The number of benzene rings is 1. The first-order valence-corrected chi connectivity index (χ1v) is 8.75. The molecule has 3 rings (SSSR count). The average Bonchev–Trinajstić information content (AvgIpc) is 2.93. The molecule has 1 aliphatic rings. The van der Waals surface area contributed by atoms with Gasteiger partial charge in [0.15, 0.2) is 0 Å². The maximum atomic E-state index is 6.47. The van der Waals surface area contributed by atoms with E-state index in [0.29, 0.717) is 0 Å². The van der Waals surface area contributed by atoms with Gasteiger partial charge >= 0.3 is 0 Å². The molecule has 4 heteroatoms. The number of hydrogen-bond donors (Lipinski definition) is 1. The smallest absolute Gasteiger partial charge is 0.0932 e. The summed E-state index contributed by atoms with van der Waals surface area (Å²) in [4.78, 5) is 3.75. The topological polar surface area (TPSA) is 29.3 Å². The molecule has 0 fully saturated rings. The molecule has 112 valence electrons. The molecule has 2 heterocycles. The van der Waals surface area contributed by atoms with Gasteiger partial charge in [0.25, 0.3) is 0 Å². The van der Waals surface area contributed by atoms with Crippen LogP contribution in [0.2, 0.25) is 4.34 Å². The quantitative estimate of drug-likeness (QED) is 0.889. The summed E-state index contributed by atoms with van der Waals surface area (Å²) in [6.45, 7) is 3.22. The fourth-order valence-corrected chi connectivity index (χ4v) is 4.41. The lowest BCUT2D eigenvalue weighted by atomic mass is 9.96. The Hall–Kier alpha value is -1.03. The molecule has 2 nitrogen and oxygen atoms in total. The monoisotopic (exact) mass is 320 g/mol. The van der Waals surface area contributed by atoms with Crippen molar-refractivity contribution in [3.05, 3.63) is 51.2 Å². The number of fused-ring (bicyclic) bond motifs is 1. The van der Waals surface area contributed by atoms with E-state index in [1.54, 1.807) is 11.3 Å². The summed E-state index contributed by atoms with van der Waals surface area (Å²) in [5.41, 5.74) is 9.23. The number of para-hydroxylation sites is 1. The molecule has 2 aromatic rings. The minimum absolute atomic E-state index is 0.117. The van der Waals surface area contributed by atoms with Crippen LogP contribution >= 0.6 is 22.9 Å². The summed E-state index contributed by atoms with van der Waals surface area (Å²) >= 11 is 7.80. The van der Waals surface area contributed by atoms with Gasteiger partial charge in [0.1, 0.15) is 0 Å². The van der Waals surface area contributed by atoms with E-state index in [0.717, 1.165) is 23.7 Å². The van der Waals surface area contributed by atoms with E-state index in [9.17, 15) is 0 Å². The predicted molar refractivity (Wildman–Crippen MR) is 92.4 cm³/mol. The molecule has 0 radical (unpaired) electrons. The Kier molecular flexibility index (Phi) is 4.53. The van der Waals surface area contributed by atoms with E-state index in [1.807, 2.05) is 6.07 Å². The van der Waals surface area contributed by atoms with Gasteiger partial charge in [0.05, 0.1) is 10.4 Å². The molecule has 1 aromatic carbocycles. The van der Waals surface area contributed by atoms with Crippen molar-refractivity contribution in [1.29, 1.82) is 0 Å². The molecular formula is C17H21ClN2S. The summed E-state index contributed by atoms with van der Waals surface area (Å²) in [5.74, 6) is 0. The number of anilines is 1. The fraction of sp³-hybridized carbons (Fsp3) is 0.412. The fourth-order valence-electron chi connectivity index (χ4n) is 3.16. The summed E-state index contributed by atoms with van der Waals surface area (Å²) in [7, 11) is 0. The molecule has 0 spiro atoms. The number of aryl methyl sites for hydroxylation is 1. The van der Waals surface area contributed by atoms with E-state index in [1.165, 1.54) is 22.5 Å². The molecule has 21 heavy (non-hydrogen) atoms. The van der Waals surface area contributed by atoms with E-state index < -0.39 is 0 Å². The first-order chi connectivity index (χ1) is 10.2. The van der Waals surface area contributed by atoms with Crippen LogP contribution in [0.5, 0.6) is 0 Å². The largest absolute Gasteiger partial charge is 0.362 e. The molecule has 1 aliphatic heterocycles. The zero-order valence-electron chi connectivity index (χ0n) is 12.3. The normalized spacial score (nSPS) is 17.4. The number of halogens is 1. The molecule has 2 unspecified atom stereocenters. The Morgan fingerprint density at radius 1 is 1.29 bits per heavy atom. The first kappa shape index (κ1) is 14.9.